The van der Waals surface area contributed by atoms with Crippen LogP contribution in [0.25, 0.3) is 0 Å². The number of aliphatic carboxylic acids is 1. The number of ether oxygens (including phenoxy) is 1. The highest BCUT2D eigenvalue weighted by atomic mass is 79.9. The van der Waals surface area contributed by atoms with Crippen LogP contribution in [0.3, 0.4) is 0 Å². The van der Waals surface area contributed by atoms with E-state index in [-0.39, 0.29) is 0 Å². The first-order chi connectivity index (χ1) is 7.45. The predicted octanol–water partition coefficient (Wildman–Crippen LogP) is 3.03. The van der Waals surface area contributed by atoms with Gasteiger partial charge in [0, 0.05) is 4.47 Å². The Morgan fingerprint density at radius 1 is 1.56 bits per heavy atom. The normalized spacial score (nSPS) is 12.2. The fraction of sp³-hybridized carbons (Fsp3) is 0.417. The van der Waals surface area contributed by atoms with Crippen LogP contribution in [-0.4, -0.2) is 18.2 Å². The molecule has 0 spiro atoms. The quantitative estimate of drug-likeness (QED) is 0.926. The van der Waals surface area contributed by atoms with Gasteiger partial charge in [0.1, 0.15) is 5.75 Å². The van der Waals surface area contributed by atoms with Crippen molar-refractivity contribution in [3.63, 3.8) is 0 Å². The Labute approximate surface area is 104 Å². The second-order valence-corrected chi connectivity index (χ2v) is 4.69. The Kier molecular flexibility index (Phi) is 4.35. The Hall–Kier alpha value is -1.03. The molecule has 0 aliphatic carbocycles. The highest BCUT2D eigenvalue weighted by Crippen LogP contribution is 2.28. The first-order valence-corrected chi connectivity index (χ1v) is 5.80. The largest absolute Gasteiger partial charge is 0.497 e. The summed E-state index contributed by atoms with van der Waals surface area (Å²) in [6.45, 7) is 3.67. The van der Waals surface area contributed by atoms with Crippen LogP contribution in [0.1, 0.15) is 18.1 Å². The minimum Gasteiger partial charge on any atom is -0.497 e. The number of hydrogen-bond donors (Lipinski definition) is 1. The van der Waals surface area contributed by atoms with Crippen molar-refractivity contribution in [1.82, 2.24) is 0 Å². The molecule has 0 saturated heterocycles. The van der Waals surface area contributed by atoms with Crippen LogP contribution in [0.4, 0.5) is 0 Å². The van der Waals surface area contributed by atoms with Gasteiger partial charge in [-0.3, -0.25) is 4.79 Å². The summed E-state index contributed by atoms with van der Waals surface area (Å²) in [7, 11) is 1.60. The van der Waals surface area contributed by atoms with Gasteiger partial charge in [-0.25, -0.2) is 0 Å². The first-order valence-electron chi connectivity index (χ1n) is 5.01. The standard InChI is InChI=1S/C12H15BrO3/c1-7(12(14)15)4-9-5-10(16-3)6-11(13)8(9)2/h5-7H,4H2,1-3H3,(H,14,15). The van der Waals surface area contributed by atoms with E-state index in [1.807, 2.05) is 19.1 Å². The van der Waals surface area contributed by atoms with Gasteiger partial charge in [-0.15, -0.1) is 0 Å². The van der Waals surface area contributed by atoms with Crippen LogP contribution < -0.4 is 4.74 Å². The van der Waals surface area contributed by atoms with Crippen molar-refractivity contribution in [2.45, 2.75) is 20.3 Å². The summed E-state index contributed by atoms with van der Waals surface area (Å²) < 4.78 is 6.10. The maximum atomic E-state index is 10.8. The second kappa shape index (κ2) is 5.34. The van der Waals surface area contributed by atoms with Crippen LogP contribution in [0.5, 0.6) is 5.75 Å². The monoisotopic (exact) mass is 286 g/mol. The Morgan fingerprint density at radius 2 is 2.19 bits per heavy atom. The van der Waals surface area contributed by atoms with E-state index >= 15 is 0 Å². The second-order valence-electron chi connectivity index (χ2n) is 3.84. The van der Waals surface area contributed by atoms with Gasteiger partial charge in [0.2, 0.25) is 0 Å². The lowest BCUT2D eigenvalue weighted by molar-refractivity contribution is -0.141. The maximum absolute atomic E-state index is 10.8. The van der Waals surface area contributed by atoms with Crippen molar-refractivity contribution in [3.8, 4) is 5.75 Å². The summed E-state index contributed by atoms with van der Waals surface area (Å²) >= 11 is 3.44. The van der Waals surface area contributed by atoms with Crippen molar-refractivity contribution in [3.05, 3.63) is 27.7 Å². The average molecular weight is 287 g/mol. The molecular formula is C12H15BrO3. The van der Waals surface area contributed by atoms with E-state index in [4.69, 9.17) is 9.84 Å². The SMILES string of the molecule is COc1cc(Br)c(C)c(CC(C)C(=O)O)c1. The summed E-state index contributed by atoms with van der Waals surface area (Å²) in [5.41, 5.74) is 2.06. The molecule has 0 saturated carbocycles. The zero-order chi connectivity index (χ0) is 12.3. The van der Waals surface area contributed by atoms with E-state index < -0.39 is 11.9 Å². The van der Waals surface area contributed by atoms with Gasteiger partial charge in [0.05, 0.1) is 13.0 Å². The molecule has 0 heterocycles. The van der Waals surface area contributed by atoms with Gasteiger partial charge in [-0.05, 0) is 36.6 Å². The number of carboxylic acid groups (broad SMARTS) is 1. The summed E-state index contributed by atoms with van der Waals surface area (Å²) in [6, 6.07) is 3.77. The van der Waals surface area contributed by atoms with Crippen LogP contribution in [-0.2, 0) is 11.2 Å². The average Bonchev–Trinajstić information content (AvgIpc) is 2.24. The highest BCUT2D eigenvalue weighted by Gasteiger charge is 2.14. The molecule has 1 unspecified atom stereocenters. The van der Waals surface area contributed by atoms with Gasteiger partial charge in [-0.2, -0.15) is 0 Å². The van der Waals surface area contributed by atoms with Gasteiger partial charge in [0.25, 0.3) is 0 Å². The number of benzene rings is 1. The summed E-state index contributed by atoms with van der Waals surface area (Å²) in [5, 5.41) is 8.89. The zero-order valence-corrected chi connectivity index (χ0v) is 11.2. The molecule has 0 fully saturated rings. The lowest BCUT2D eigenvalue weighted by Crippen LogP contribution is -2.13. The summed E-state index contributed by atoms with van der Waals surface area (Å²) in [6.07, 6.45) is 0.511. The van der Waals surface area contributed by atoms with Crippen LogP contribution in [0, 0.1) is 12.8 Å². The molecule has 1 N–H and O–H groups in total. The van der Waals surface area contributed by atoms with Gasteiger partial charge >= 0.3 is 5.97 Å². The highest BCUT2D eigenvalue weighted by molar-refractivity contribution is 9.10. The minimum atomic E-state index is -0.779. The molecule has 88 valence electrons. The van der Waals surface area contributed by atoms with Crippen LogP contribution in [0.2, 0.25) is 0 Å². The number of rotatable bonds is 4. The number of carboxylic acids is 1. The van der Waals surface area contributed by atoms with Crippen molar-refractivity contribution in [1.29, 1.82) is 0 Å². The molecule has 0 bridgehead atoms. The minimum absolute atomic E-state index is 0.391. The van der Waals surface area contributed by atoms with Gasteiger partial charge in [-0.1, -0.05) is 22.9 Å². The van der Waals surface area contributed by atoms with E-state index in [0.29, 0.717) is 6.42 Å². The van der Waals surface area contributed by atoms with Crippen molar-refractivity contribution in [2.24, 2.45) is 5.92 Å². The number of hydrogen-bond acceptors (Lipinski definition) is 2. The van der Waals surface area contributed by atoms with Crippen LogP contribution in [0.15, 0.2) is 16.6 Å². The Balaban J connectivity index is 3.03. The molecule has 1 aromatic carbocycles. The summed E-state index contributed by atoms with van der Waals surface area (Å²) in [5.74, 6) is -0.430. The number of halogens is 1. The molecule has 4 heteroatoms. The molecule has 0 aromatic heterocycles. The Morgan fingerprint density at radius 3 is 2.69 bits per heavy atom. The topological polar surface area (TPSA) is 46.5 Å². The molecule has 16 heavy (non-hydrogen) atoms. The molecule has 0 aliphatic rings. The van der Waals surface area contributed by atoms with Gasteiger partial charge < -0.3 is 9.84 Å². The molecule has 0 radical (unpaired) electrons. The molecule has 3 nitrogen and oxygen atoms in total. The third-order valence-corrected chi connectivity index (χ3v) is 3.43. The molecule has 0 aliphatic heterocycles. The number of carbonyl (C=O) groups is 1. The molecular weight excluding hydrogens is 272 g/mol. The zero-order valence-electron chi connectivity index (χ0n) is 9.58. The number of methoxy groups -OCH3 is 1. The van der Waals surface area contributed by atoms with E-state index in [0.717, 1.165) is 21.3 Å². The Bertz CT molecular complexity index is 401. The molecule has 1 aromatic rings. The third-order valence-electron chi connectivity index (χ3n) is 2.61. The van der Waals surface area contributed by atoms with E-state index in [1.165, 1.54) is 0 Å². The third kappa shape index (κ3) is 2.98. The van der Waals surface area contributed by atoms with Crippen LogP contribution >= 0.6 is 15.9 Å². The maximum Gasteiger partial charge on any atom is 0.306 e. The lowest BCUT2D eigenvalue weighted by Gasteiger charge is -2.12. The van der Waals surface area contributed by atoms with Crippen molar-refractivity contribution in [2.75, 3.05) is 7.11 Å². The fourth-order valence-electron chi connectivity index (χ4n) is 1.46. The molecule has 1 rings (SSSR count). The molecule has 1 atom stereocenters. The lowest BCUT2D eigenvalue weighted by atomic mass is 9.97. The first kappa shape index (κ1) is 13.0. The van der Waals surface area contributed by atoms with E-state index in [1.54, 1.807) is 14.0 Å². The van der Waals surface area contributed by atoms with Gasteiger partial charge in [0.15, 0.2) is 0 Å². The van der Waals surface area contributed by atoms with E-state index in [2.05, 4.69) is 15.9 Å². The van der Waals surface area contributed by atoms with E-state index in [9.17, 15) is 4.79 Å². The smallest absolute Gasteiger partial charge is 0.306 e. The predicted molar refractivity (Wildman–Crippen MR) is 65.9 cm³/mol. The fourth-order valence-corrected chi connectivity index (χ4v) is 1.94. The van der Waals surface area contributed by atoms with Crippen molar-refractivity contribution < 1.29 is 14.6 Å². The summed E-state index contributed by atoms with van der Waals surface area (Å²) in [4.78, 5) is 10.8. The van der Waals surface area contributed by atoms with Crippen molar-refractivity contribution >= 4 is 21.9 Å². The molecule has 0 amide bonds.